The Balaban J connectivity index is 2.86. The van der Waals surface area contributed by atoms with Gasteiger partial charge in [-0.15, -0.1) is 0 Å². The molecule has 0 bridgehead atoms. The Morgan fingerprint density at radius 3 is 2.54 bits per heavy atom. The quantitative estimate of drug-likeness (QED) is 0.717. The first-order valence-corrected chi connectivity index (χ1v) is 4.36. The molecule has 0 heterocycles. The third kappa shape index (κ3) is 2.44. The predicted octanol–water partition coefficient (Wildman–Crippen LogP) is 0.696. The highest BCUT2D eigenvalue weighted by Crippen LogP contribution is 2.19. The highest BCUT2D eigenvalue weighted by atomic mass is 16.5. The van der Waals surface area contributed by atoms with E-state index in [1.54, 1.807) is 7.11 Å². The lowest BCUT2D eigenvalue weighted by Crippen LogP contribution is -2.21. The maximum atomic E-state index is 5.59. The molecule has 3 nitrogen and oxygen atoms in total. The first-order valence-electron chi connectivity index (χ1n) is 4.36. The molecule has 0 aliphatic carbocycles. The zero-order chi connectivity index (χ0) is 9.68. The minimum absolute atomic E-state index is 0.232. The van der Waals surface area contributed by atoms with Gasteiger partial charge in [-0.2, -0.15) is 0 Å². The van der Waals surface area contributed by atoms with E-state index in [1.165, 1.54) is 0 Å². The zero-order valence-electron chi connectivity index (χ0n) is 7.86. The monoisotopic (exact) mass is 180 g/mol. The number of hydrogen-bond acceptors (Lipinski definition) is 3. The molecule has 0 unspecified atom stereocenters. The van der Waals surface area contributed by atoms with Crippen LogP contribution in [-0.4, -0.2) is 20.2 Å². The van der Waals surface area contributed by atoms with Gasteiger partial charge in [0.25, 0.3) is 0 Å². The molecule has 0 atom stereocenters. The molecule has 1 aromatic carbocycles. The van der Waals surface area contributed by atoms with E-state index in [1.807, 2.05) is 24.3 Å². The first-order chi connectivity index (χ1) is 6.31. The van der Waals surface area contributed by atoms with E-state index in [0.717, 1.165) is 11.3 Å². The summed E-state index contributed by atoms with van der Waals surface area (Å²) in [5.74, 6) is 1.08. The summed E-state index contributed by atoms with van der Waals surface area (Å²) >= 11 is 0. The van der Waals surface area contributed by atoms with Crippen molar-refractivity contribution in [2.75, 3.05) is 20.2 Å². The highest BCUT2D eigenvalue weighted by Gasteiger charge is 2.07. The Morgan fingerprint density at radius 1 is 1.31 bits per heavy atom. The van der Waals surface area contributed by atoms with Crippen molar-refractivity contribution in [3.63, 3.8) is 0 Å². The van der Waals surface area contributed by atoms with Gasteiger partial charge in [0.1, 0.15) is 5.75 Å². The molecule has 0 spiro atoms. The van der Waals surface area contributed by atoms with E-state index < -0.39 is 0 Å². The second-order valence-corrected chi connectivity index (χ2v) is 2.94. The van der Waals surface area contributed by atoms with Crippen LogP contribution in [0.15, 0.2) is 24.3 Å². The molecule has 13 heavy (non-hydrogen) atoms. The second kappa shape index (κ2) is 4.84. The van der Waals surface area contributed by atoms with Gasteiger partial charge in [-0.1, -0.05) is 12.1 Å². The summed E-state index contributed by atoms with van der Waals surface area (Å²) in [5.41, 5.74) is 12.3. The fourth-order valence-electron chi connectivity index (χ4n) is 1.26. The molecule has 0 amide bonds. The van der Waals surface area contributed by atoms with Gasteiger partial charge in [0.15, 0.2) is 0 Å². The van der Waals surface area contributed by atoms with Gasteiger partial charge in [0.2, 0.25) is 0 Å². The summed E-state index contributed by atoms with van der Waals surface area (Å²) in [6.45, 7) is 1.15. The van der Waals surface area contributed by atoms with Crippen molar-refractivity contribution in [2.24, 2.45) is 11.5 Å². The first kappa shape index (κ1) is 10.0. The van der Waals surface area contributed by atoms with E-state index in [-0.39, 0.29) is 5.92 Å². The molecular formula is C10H16N2O. The molecule has 0 aromatic heterocycles. The van der Waals surface area contributed by atoms with Crippen molar-refractivity contribution in [2.45, 2.75) is 5.92 Å². The molecule has 1 aromatic rings. The van der Waals surface area contributed by atoms with Gasteiger partial charge in [-0.3, -0.25) is 0 Å². The molecule has 72 valence electrons. The predicted molar refractivity (Wildman–Crippen MR) is 53.8 cm³/mol. The number of methoxy groups -OCH3 is 1. The third-order valence-corrected chi connectivity index (χ3v) is 2.13. The van der Waals surface area contributed by atoms with Crippen LogP contribution in [0.5, 0.6) is 5.75 Å². The zero-order valence-corrected chi connectivity index (χ0v) is 7.86. The smallest absolute Gasteiger partial charge is 0.119 e. The van der Waals surface area contributed by atoms with Crippen LogP contribution in [0.2, 0.25) is 0 Å². The molecule has 0 aliphatic rings. The van der Waals surface area contributed by atoms with Gasteiger partial charge < -0.3 is 16.2 Å². The van der Waals surface area contributed by atoms with Crippen LogP contribution < -0.4 is 16.2 Å². The maximum absolute atomic E-state index is 5.59. The van der Waals surface area contributed by atoms with Gasteiger partial charge in [0, 0.05) is 19.0 Å². The fraction of sp³-hybridized carbons (Fsp3) is 0.400. The Labute approximate surface area is 78.7 Å². The van der Waals surface area contributed by atoms with Crippen LogP contribution in [0.25, 0.3) is 0 Å². The van der Waals surface area contributed by atoms with E-state index in [9.17, 15) is 0 Å². The average Bonchev–Trinajstić information content (AvgIpc) is 2.20. The third-order valence-electron chi connectivity index (χ3n) is 2.13. The van der Waals surface area contributed by atoms with Crippen LogP contribution in [0, 0.1) is 0 Å². The summed E-state index contributed by atoms with van der Waals surface area (Å²) in [4.78, 5) is 0. The van der Waals surface area contributed by atoms with Crippen LogP contribution in [-0.2, 0) is 0 Å². The van der Waals surface area contributed by atoms with Crippen molar-refractivity contribution in [3.05, 3.63) is 29.8 Å². The average molecular weight is 180 g/mol. The molecule has 0 saturated carbocycles. The standard InChI is InChI=1S/C10H16N2O/c1-13-10-4-2-3-8(5-10)9(6-11)7-12/h2-5,9H,6-7,11-12H2,1H3. The Hall–Kier alpha value is -1.06. The van der Waals surface area contributed by atoms with Gasteiger partial charge >= 0.3 is 0 Å². The van der Waals surface area contributed by atoms with Crippen molar-refractivity contribution < 1.29 is 4.74 Å². The lowest BCUT2D eigenvalue weighted by molar-refractivity contribution is 0.414. The van der Waals surface area contributed by atoms with E-state index in [2.05, 4.69) is 0 Å². The number of rotatable bonds is 4. The molecule has 0 radical (unpaired) electrons. The van der Waals surface area contributed by atoms with Gasteiger partial charge in [-0.25, -0.2) is 0 Å². The van der Waals surface area contributed by atoms with E-state index in [0.29, 0.717) is 13.1 Å². The summed E-state index contributed by atoms with van der Waals surface area (Å²) < 4.78 is 5.11. The molecular weight excluding hydrogens is 164 g/mol. The summed E-state index contributed by atoms with van der Waals surface area (Å²) in [7, 11) is 1.65. The maximum Gasteiger partial charge on any atom is 0.119 e. The van der Waals surface area contributed by atoms with Gasteiger partial charge in [-0.05, 0) is 17.7 Å². The fourth-order valence-corrected chi connectivity index (χ4v) is 1.26. The van der Waals surface area contributed by atoms with Crippen molar-refractivity contribution in [1.29, 1.82) is 0 Å². The van der Waals surface area contributed by atoms with Crippen molar-refractivity contribution >= 4 is 0 Å². The summed E-state index contributed by atoms with van der Waals surface area (Å²) in [6.07, 6.45) is 0. The topological polar surface area (TPSA) is 61.3 Å². The van der Waals surface area contributed by atoms with E-state index in [4.69, 9.17) is 16.2 Å². The molecule has 1 rings (SSSR count). The Morgan fingerprint density at radius 2 is 2.00 bits per heavy atom. The summed E-state index contributed by atoms with van der Waals surface area (Å²) in [6, 6.07) is 7.86. The normalized spacial score (nSPS) is 10.5. The van der Waals surface area contributed by atoms with Crippen molar-refractivity contribution in [1.82, 2.24) is 0 Å². The SMILES string of the molecule is COc1cccc(C(CN)CN)c1. The molecule has 0 fully saturated rings. The number of hydrogen-bond donors (Lipinski definition) is 2. The second-order valence-electron chi connectivity index (χ2n) is 2.94. The molecule has 0 aliphatic heterocycles. The highest BCUT2D eigenvalue weighted by molar-refractivity contribution is 5.31. The lowest BCUT2D eigenvalue weighted by Gasteiger charge is -2.13. The van der Waals surface area contributed by atoms with Gasteiger partial charge in [0.05, 0.1) is 7.11 Å². The van der Waals surface area contributed by atoms with Crippen LogP contribution in [0.4, 0.5) is 0 Å². The minimum atomic E-state index is 0.232. The lowest BCUT2D eigenvalue weighted by atomic mass is 9.99. The number of nitrogens with two attached hydrogens (primary N) is 2. The minimum Gasteiger partial charge on any atom is -0.497 e. The Bertz CT molecular complexity index is 259. The largest absolute Gasteiger partial charge is 0.497 e. The molecule has 3 heteroatoms. The van der Waals surface area contributed by atoms with Crippen LogP contribution in [0.3, 0.4) is 0 Å². The summed E-state index contributed by atoms with van der Waals surface area (Å²) in [5, 5.41) is 0. The molecule has 4 N–H and O–H groups in total. The van der Waals surface area contributed by atoms with Crippen LogP contribution in [0.1, 0.15) is 11.5 Å². The number of benzene rings is 1. The Kier molecular flexibility index (Phi) is 3.73. The van der Waals surface area contributed by atoms with Crippen LogP contribution >= 0.6 is 0 Å². The number of ether oxygens (including phenoxy) is 1. The molecule has 0 saturated heterocycles. The van der Waals surface area contributed by atoms with Crippen molar-refractivity contribution in [3.8, 4) is 5.75 Å². The van der Waals surface area contributed by atoms with E-state index >= 15 is 0 Å².